The maximum absolute atomic E-state index is 13.4. The van der Waals surface area contributed by atoms with Crippen molar-refractivity contribution >= 4 is 16.0 Å². The molecule has 0 radical (unpaired) electrons. The number of halogens is 1. The fourth-order valence-corrected chi connectivity index (χ4v) is 3.97. The molecular weight excluding hydrogens is 411 g/mol. The molecule has 7 nitrogen and oxygen atoms in total. The molecule has 0 atom stereocenters. The van der Waals surface area contributed by atoms with Crippen LogP contribution in [0, 0.1) is 12.7 Å². The SMILES string of the molecule is COC(=O)c1ccc(S(=O)(=O)NCc2cccnc2Oc2cccc(F)c2)c(C)c1. The molecule has 0 amide bonds. The van der Waals surface area contributed by atoms with Crippen LogP contribution in [0.25, 0.3) is 0 Å². The Labute approximate surface area is 173 Å². The third-order valence-electron chi connectivity index (χ3n) is 4.20. The summed E-state index contributed by atoms with van der Waals surface area (Å²) in [6.45, 7) is 1.49. The van der Waals surface area contributed by atoms with Gasteiger partial charge in [0.15, 0.2) is 0 Å². The average Bonchev–Trinajstić information content (AvgIpc) is 2.72. The second kappa shape index (κ2) is 9.02. The second-order valence-corrected chi connectivity index (χ2v) is 8.06. The molecule has 30 heavy (non-hydrogen) atoms. The van der Waals surface area contributed by atoms with Gasteiger partial charge in [0.2, 0.25) is 15.9 Å². The Kier molecular flexibility index (Phi) is 6.43. The fraction of sp³-hybridized carbons (Fsp3) is 0.143. The van der Waals surface area contributed by atoms with Crippen molar-refractivity contribution in [1.29, 1.82) is 0 Å². The van der Waals surface area contributed by atoms with Gasteiger partial charge in [-0.25, -0.2) is 27.3 Å². The standard InChI is InChI=1S/C21H19FN2O5S/c1-14-11-15(21(25)28-2)8-9-19(14)30(26,27)24-13-16-5-4-10-23-20(16)29-18-7-3-6-17(22)12-18/h3-12,24H,13H2,1-2H3. The molecule has 1 heterocycles. The lowest BCUT2D eigenvalue weighted by Crippen LogP contribution is -2.24. The largest absolute Gasteiger partial charge is 0.465 e. The minimum atomic E-state index is -3.88. The van der Waals surface area contributed by atoms with Crippen LogP contribution in [0.3, 0.4) is 0 Å². The zero-order valence-electron chi connectivity index (χ0n) is 16.3. The second-order valence-electron chi connectivity index (χ2n) is 6.32. The van der Waals surface area contributed by atoms with Crippen molar-refractivity contribution in [2.45, 2.75) is 18.4 Å². The first-order valence-corrected chi connectivity index (χ1v) is 10.3. The van der Waals surface area contributed by atoms with Crippen LogP contribution in [0.4, 0.5) is 4.39 Å². The molecule has 0 bridgehead atoms. The van der Waals surface area contributed by atoms with Crippen LogP contribution in [-0.2, 0) is 21.3 Å². The number of carbonyl (C=O) groups excluding carboxylic acids is 1. The van der Waals surface area contributed by atoms with E-state index in [1.165, 1.54) is 49.7 Å². The number of carbonyl (C=O) groups is 1. The van der Waals surface area contributed by atoms with Crippen molar-refractivity contribution < 1.29 is 27.1 Å². The maximum Gasteiger partial charge on any atom is 0.337 e. The third kappa shape index (κ3) is 5.00. The molecule has 156 valence electrons. The Morgan fingerprint density at radius 1 is 1.13 bits per heavy atom. The summed E-state index contributed by atoms with van der Waals surface area (Å²) in [5, 5.41) is 0. The highest BCUT2D eigenvalue weighted by molar-refractivity contribution is 7.89. The molecule has 2 aromatic carbocycles. The molecule has 3 rings (SSSR count). The van der Waals surface area contributed by atoms with E-state index in [0.717, 1.165) is 0 Å². The minimum Gasteiger partial charge on any atom is -0.465 e. The van der Waals surface area contributed by atoms with Gasteiger partial charge in [-0.2, -0.15) is 0 Å². The summed E-state index contributed by atoms with van der Waals surface area (Å²) in [5.41, 5.74) is 1.12. The van der Waals surface area contributed by atoms with Crippen LogP contribution in [0.15, 0.2) is 65.7 Å². The van der Waals surface area contributed by atoms with E-state index in [9.17, 15) is 17.6 Å². The number of esters is 1. The lowest BCUT2D eigenvalue weighted by Gasteiger charge is -2.13. The Balaban J connectivity index is 1.79. The normalized spacial score (nSPS) is 11.2. The monoisotopic (exact) mass is 430 g/mol. The molecule has 9 heteroatoms. The molecule has 0 unspecified atom stereocenters. The topological polar surface area (TPSA) is 94.6 Å². The first-order chi connectivity index (χ1) is 14.3. The van der Waals surface area contributed by atoms with Crippen LogP contribution in [-0.4, -0.2) is 26.5 Å². The van der Waals surface area contributed by atoms with E-state index in [4.69, 9.17) is 4.74 Å². The van der Waals surface area contributed by atoms with Crippen molar-refractivity contribution in [2.24, 2.45) is 0 Å². The van der Waals surface area contributed by atoms with Crippen molar-refractivity contribution in [3.8, 4) is 11.6 Å². The van der Waals surface area contributed by atoms with E-state index in [0.29, 0.717) is 11.1 Å². The molecule has 0 spiro atoms. The van der Waals surface area contributed by atoms with Gasteiger partial charge in [0.25, 0.3) is 0 Å². The minimum absolute atomic E-state index is 0.0339. The van der Waals surface area contributed by atoms with Crippen molar-refractivity contribution in [3.63, 3.8) is 0 Å². The highest BCUT2D eigenvalue weighted by Crippen LogP contribution is 2.24. The van der Waals surface area contributed by atoms with Gasteiger partial charge in [-0.15, -0.1) is 0 Å². The number of methoxy groups -OCH3 is 1. The number of nitrogens with one attached hydrogen (secondary N) is 1. The van der Waals surface area contributed by atoms with E-state index in [1.807, 2.05) is 0 Å². The van der Waals surface area contributed by atoms with Crippen LogP contribution in [0.2, 0.25) is 0 Å². The number of aryl methyl sites for hydroxylation is 1. The first kappa shape index (κ1) is 21.4. The Bertz CT molecular complexity index is 1180. The van der Waals surface area contributed by atoms with E-state index >= 15 is 0 Å². The summed E-state index contributed by atoms with van der Waals surface area (Å²) < 4.78 is 51.6. The van der Waals surface area contributed by atoms with Gasteiger partial charge in [0.05, 0.1) is 17.6 Å². The van der Waals surface area contributed by atoms with Gasteiger partial charge >= 0.3 is 5.97 Å². The molecule has 0 aliphatic carbocycles. The number of pyridine rings is 1. The smallest absolute Gasteiger partial charge is 0.337 e. The number of ether oxygens (including phenoxy) is 2. The molecule has 0 aliphatic rings. The maximum atomic E-state index is 13.4. The van der Waals surface area contributed by atoms with E-state index in [-0.39, 0.29) is 28.6 Å². The van der Waals surface area contributed by atoms with Crippen LogP contribution in [0.5, 0.6) is 11.6 Å². The highest BCUT2D eigenvalue weighted by Gasteiger charge is 2.19. The van der Waals surface area contributed by atoms with Crippen molar-refractivity contribution in [2.75, 3.05) is 7.11 Å². The lowest BCUT2D eigenvalue weighted by atomic mass is 10.1. The first-order valence-electron chi connectivity index (χ1n) is 8.86. The van der Waals surface area contributed by atoms with Gasteiger partial charge in [0, 0.05) is 24.4 Å². The third-order valence-corrected chi connectivity index (χ3v) is 5.76. The Morgan fingerprint density at radius 2 is 1.93 bits per heavy atom. The quantitative estimate of drug-likeness (QED) is 0.576. The summed E-state index contributed by atoms with van der Waals surface area (Å²) >= 11 is 0. The molecule has 0 saturated carbocycles. The number of hydrogen-bond donors (Lipinski definition) is 1. The van der Waals surface area contributed by atoms with E-state index in [1.54, 1.807) is 25.1 Å². The molecule has 1 aromatic heterocycles. The molecule has 3 aromatic rings. The Hall–Kier alpha value is -3.30. The Morgan fingerprint density at radius 3 is 2.63 bits per heavy atom. The van der Waals surface area contributed by atoms with Gasteiger partial charge in [0.1, 0.15) is 11.6 Å². The summed E-state index contributed by atoms with van der Waals surface area (Å²) in [4.78, 5) is 15.8. The van der Waals surface area contributed by atoms with Gasteiger partial charge in [-0.1, -0.05) is 12.1 Å². The van der Waals surface area contributed by atoms with Crippen molar-refractivity contribution in [3.05, 3.63) is 83.3 Å². The predicted octanol–water partition coefficient (Wildman–Crippen LogP) is 3.59. The highest BCUT2D eigenvalue weighted by atomic mass is 32.2. The number of benzene rings is 2. The zero-order chi connectivity index (χ0) is 21.7. The predicted molar refractivity (Wildman–Crippen MR) is 107 cm³/mol. The van der Waals surface area contributed by atoms with Crippen LogP contribution >= 0.6 is 0 Å². The summed E-state index contributed by atoms with van der Waals surface area (Å²) in [5.74, 6) is -0.614. The number of sulfonamides is 1. The summed E-state index contributed by atoms with van der Waals surface area (Å²) in [6, 6.07) is 13.0. The van der Waals surface area contributed by atoms with E-state index in [2.05, 4.69) is 14.4 Å². The lowest BCUT2D eigenvalue weighted by molar-refractivity contribution is 0.0600. The van der Waals surface area contributed by atoms with Crippen LogP contribution < -0.4 is 9.46 Å². The summed E-state index contributed by atoms with van der Waals surface area (Å²) in [6.07, 6.45) is 1.49. The summed E-state index contributed by atoms with van der Waals surface area (Å²) in [7, 11) is -2.63. The average molecular weight is 430 g/mol. The number of hydrogen-bond acceptors (Lipinski definition) is 6. The molecule has 1 N–H and O–H groups in total. The van der Waals surface area contributed by atoms with Crippen LogP contribution in [0.1, 0.15) is 21.5 Å². The number of nitrogens with zero attached hydrogens (tertiary/aromatic N) is 1. The van der Waals surface area contributed by atoms with Gasteiger partial charge < -0.3 is 9.47 Å². The molecule has 0 saturated heterocycles. The molecule has 0 aliphatic heterocycles. The zero-order valence-corrected chi connectivity index (χ0v) is 17.1. The number of rotatable bonds is 7. The fourth-order valence-electron chi connectivity index (χ4n) is 2.74. The van der Waals surface area contributed by atoms with Gasteiger partial charge in [-0.05, 0) is 48.9 Å². The van der Waals surface area contributed by atoms with E-state index < -0.39 is 21.8 Å². The molecule has 0 fully saturated rings. The van der Waals surface area contributed by atoms with Crippen molar-refractivity contribution in [1.82, 2.24) is 9.71 Å². The number of aromatic nitrogens is 1. The van der Waals surface area contributed by atoms with Gasteiger partial charge in [-0.3, -0.25) is 0 Å². The molecular formula is C21H19FN2O5S.